The minimum absolute atomic E-state index is 0.154. The molecule has 0 heterocycles. The molecule has 0 bridgehead atoms. The van der Waals surface area contributed by atoms with Crippen LogP contribution in [-0.4, -0.2) is 32.6 Å². The summed E-state index contributed by atoms with van der Waals surface area (Å²) >= 11 is 11.8. The van der Waals surface area contributed by atoms with E-state index in [2.05, 4.69) is 10.9 Å². The number of rotatable bonds is 8. The Morgan fingerprint density at radius 3 is 2.46 bits per heavy atom. The van der Waals surface area contributed by atoms with Crippen LogP contribution >= 0.6 is 23.2 Å². The normalized spacial score (nSPS) is 10.1. The van der Waals surface area contributed by atoms with Gasteiger partial charge in [-0.25, -0.2) is 0 Å². The SMILES string of the molecule is COc1cccc(C(=O)NNC(=O)CCCOc2ccc(Cl)cc2Cl)c1OC. The second kappa shape index (κ2) is 10.6. The van der Waals surface area contributed by atoms with E-state index in [1.807, 2.05) is 0 Å². The standard InChI is InChI=1S/C19H20Cl2N2O5/c1-26-16-6-3-5-13(18(16)27-2)19(25)23-22-17(24)7-4-10-28-15-9-8-12(20)11-14(15)21/h3,5-6,8-9,11H,4,7,10H2,1-2H3,(H,22,24)(H,23,25). The van der Waals surface area contributed by atoms with Crippen molar-refractivity contribution in [2.24, 2.45) is 0 Å². The van der Waals surface area contributed by atoms with Crippen LogP contribution in [0.3, 0.4) is 0 Å². The Bertz CT molecular complexity index is 845. The van der Waals surface area contributed by atoms with Gasteiger partial charge in [0, 0.05) is 11.4 Å². The van der Waals surface area contributed by atoms with E-state index in [1.165, 1.54) is 14.2 Å². The summed E-state index contributed by atoms with van der Waals surface area (Å²) in [6, 6.07) is 9.78. The smallest absolute Gasteiger partial charge is 0.273 e. The lowest BCUT2D eigenvalue weighted by molar-refractivity contribution is -0.122. The van der Waals surface area contributed by atoms with Gasteiger partial charge in [-0.1, -0.05) is 29.3 Å². The first-order chi connectivity index (χ1) is 13.5. The summed E-state index contributed by atoms with van der Waals surface area (Å²) in [7, 11) is 2.90. The first-order valence-corrected chi connectivity index (χ1v) is 9.10. The molecular weight excluding hydrogens is 407 g/mol. The number of para-hydroxylation sites is 1. The number of methoxy groups -OCH3 is 2. The highest BCUT2D eigenvalue weighted by Crippen LogP contribution is 2.30. The van der Waals surface area contributed by atoms with Crippen LogP contribution in [0.15, 0.2) is 36.4 Å². The molecule has 0 fully saturated rings. The van der Waals surface area contributed by atoms with Crippen LogP contribution in [0.1, 0.15) is 23.2 Å². The number of nitrogens with one attached hydrogen (secondary N) is 2. The number of hydrogen-bond donors (Lipinski definition) is 2. The number of carbonyl (C=O) groups excluding carboxylic acids is 2. The molecule has 0 aliphatic carbocycles. The minimum atomic E-state index is -0.520. The first-order valence-electron chi connectivity index (χ1n) is 8.34. The van der Waals surface area contributed by atoms with Gasteiger partial charge in [0.1, 0.15) is 5.75 Å². The maximum absolute atomic E-state index is 12.3. The predicted octanol–water partition coefficient (Wildman–Crippen LogP) is 3.63. The fraction of sp³-hybridized carbons (Fsp3) is 0.263. The summed E-state index contributed by atoms with van der Waals surface area (Å²) in [4.78, 5) is 24.2. The average Bonchev–Trinajstić information content (AvgIpc) is 2.69. The van der Waals surface area contributed by atoms with Gasteiger partial charge in [-0.15, -0.1) is 0 Å². The molecule has 0 saturated heterocycles. The second-order valence-corrected chi connectivity index (χ2v) is 6.41. The van der Waals surface area contributed by atoms with Crippen molar-refractivity contribution in [2.75, 3.05) is 20.8 Å². The third-order valence-electron chi connectivity index (χ3n) is 3.66. The summed E-state index contributed by atoms with van der Waals surface area (Å²) < 4.78 is 15.9. The number of halogens is 2. The molecule has 0 aromatic heterocycles. The van der Waals surface area contributed by atoms with Crippen LogP contribution in [0.2, 0.25) is 10.0 Å². The molecule has 2 amide bonds. The van der Waals surface area contributed by atoms with Crippen LogP contribution in [0.4, 0.5) is 0 Å². The fourth-order valence-corrected chi connectivity index (χ4v) is 2.79. The number of hydrazine groups is 1. The first kappa shape index (κ1) is 21.7. The van der Waals surface area contributed by atoms with E-state index < -0.39 is 5.91 Å². The maximum Gasteiger partial charge on any atom is 0.273 e. The Hall–Kier alpha value is -2.64. The number of ether oxygens (including phenoxy) is 3. The zero-order valence-corrected chi connectivity index (χ0v) is 16.9. The lowest BCUT2D eigenvalue weighted by Gasteiger charge is -2.13. The van der Waals surface area contributed by atoms with Crippen LogP contribution < -0.4 is 25.1 Å². The maximum atomic E-state index is 12.3. The summed E-state index contributed by atoms with van der Waals surface area (Å²) in [5.74, 6) is 0.309. The van der Waals surface area contributed by atoms with Crippen LogP contribution in [0, 0.1) is 0 Å². The molecule has 7 nitrogen and oxygen atoms in total. The molecule has 0 aliphatic heterocycles. The lowest BCUT2D eigenvalue weighted by atomic mass is 10.2. The van der Waals surface area contributed by atoms with Crippen molar-refractivity contribution < 1.29 is 23.8 Å². The van der Waals surface area contributed by atoms with E-state index in [0.29, 0.717) is 28.0 Å². The van der Waals surface area contributed by atoms with Crippen LogP contribution in [0.5, 0.6) is 17.2 Å². The molecular formula is C19H20Cl2N2O5. The van der Waals surface area contributed by atoms with E-state index in [-0.39, 0.29) is 30.2 Å². The fourth-order valence-electron chi connectivity index (χ4n) is 2.33. The van der Waals surface area contributed by atoms with Gasteiger partial charge in [-0.3, -0.25) is 20.4 Å². The quantitative estimate of drug-likeness (QED) is 0.497. The summed E-state index contributed by atoms with van der Waals surface area (Å²) in [6.45, 7) is 0.284. The van der Waals surface area contributed by atoms with E-state index >= 15 is 0 Å². The topological polar surface area (TPSA) is 85.9 Å². The van der Waals surface area contributed by atoms with E-state index in [0.717, 1.165) is 0 Å². The highest BCUT2D eigenvalue weighted by atomic mass is 35.5. The minimum Gasteiger partial charge on any atom is -0.493 e. The van der Waals surface area contributed by atoms with Gasteiger partial charge in [0.05, 0.1) is 31.4 Å². The van der Waals surface area contributed by atoms with Crippen molar-refractivity contribution >= 4 is 35.0 Å². The molecule has 2 aromatic rings. The average molecular weight is 427 g/mol. The molecule has 0 atom stereocenters. The van der Waals surface area contributed by atoms with Crippen molar-refractivity contribution in [1.29, 1.82) is 0 Å². The lowest BCUT2D eigenvalue weighted by Crippen LogP contribution is -2.41. The molecule has 0 radical (unpaired) electrons. The molecule has 0 aliphatic rings. The summed E-state index contributed by atoms with van der Waals surface area (Å²) in [5, 5.41) is 0.914. The van der Waals surface area contributed by atoms with Crippen molar-refractivity contribution in [2.45, 2.75) is 12.8 Å². The highest BCUT2D eigenvalue weighted by Gasteiger charge is 2.16. The van der Waals surface area contributed by atoms with Crippen LogP contribution in [-0.2, 0) is 4.79 Å². The molecule has 2 rings (SSSR count). The zero-order valence-electron chi connectivity index (χ0n) is 15.4. The monoisotopic (exact) mass is 426 g/mol. The largest absolute Gasteiger partial charge is 0.493 e. The molecule has 2 aromatic carbocycles. The molecule has 2 N–H and O–H groups in total. The molecule has 0 saturated carbocycles. The van der Waals surface area contributed by atoms with Crippen LogP contribution in [0.25, 0.3) is 0 Å². The van der Waals surface area contributed by atoms with Crippen molar-refractivity contribution in [3.8, 4) is 17.2 Å². The van der Waals surface area contributed by atoms with E-state index in [1.54, 1.807) is 36.4 Å². The predicted molar refractivity (Wildman–Crippen MR) is 106 cm³/mol. The summed E-state index contributed by atoms with van der Waals surface area (Å²) in [6.07, 6.45) is 0.587. The van der Waals surface area contributed by atoms with Gasteiger partial charge in [0.25, 0.3) is 5.91 Å². The van der Waals surface area contributed by atoms with Crippen molar-refractivity contribution in [3.05, 3.63) is 52.0 Å². The summed E-state index contributed by atoms with van der Waals surface area (Å²) in [5.41, 5.74) is 4.94. The molecule has 9 heteroatoms. The van der Waals surface area contributed by atoms with Crippen molar-refractivity contribution in [3.63, 3.8) is 0 Å². The number of hydrogen-bond acceptors (Lipinski definition) is 5. The van der Waals surface area contributed by atoms with Gasteiger partial charge in [-0.2, -0.15) is 0 Å². The second-order valence-electron chi connectivity index (χ2n) is 5.57. The molecule has 28 heavy (non-hydrogen) atoms. The van der Waals surface area contributed by atoms with Gasteiger partial charge in [-0.05, 0) is 36.8 Å². The Balaban J connectivity index is 1.77. The Labute approximate surface area is 172 Å². The Morgan fingerprint density at radius 1 is 1.00 bits per heavy atom. The number of amides is 2. The number of carbonyl (C=O) groups is 2. The van der Waals surface area contributed by atoms with E-state index in [9.17, 15) is 9.59 Å². The zero-order chi connectivity index (χ0) is 20.5. The Morgan fingerprint density at radius 2 is 1.79 bits per heavy atom. The molecule has 0 unspecified atom stereocenters. The highest BCUT2D eigenvalue weighted by molar-refractivity contribution is 6.35. The van der Waals surface area contributed by atoms with Gasteiger partial charge in [0.2, 0.25) is 5.91 Å². The van der Waals surface area contributed by atoms with E-state index in [4.69, 9.17) is 37.4 Å². The third-order valence-corrected chi connectivity index (χ3v) is 4.19. The van der Waals surface area contributed by atoms with Gasteiger partial charge < -0.3 is 14.2 Å². The van der Waals surface area contributed by atoms with Crippen molar-refractivity contribution in [1.82, 2.24) is 10.9 Å². The van der Waals surface area contributed by atoms with Gasteiger partial charge in [0.15, 0.2) is 11.5 Å². The third kappa shape index (κ3) is 5.94. The molecule has 150 valence electrons. The van der Waals surface area contributed by atoms with Gasteiger partial charge >= 0.3 is 0 Å². The number of benzene rings is 2. The molecule has 0 spiro atoms. The Kier molecular flexibility index (Phi) is 8.22.